The summed E-state index contributed by atoms with van der Waals surface area (Å²) in [6.07, 6.45) is -0.234. The molecule has 8 heteroatoms. The number of rotatable bonds is 8. The van der Waals surface area contributed by atoms with Crippen molar-refractivity contribution >= 4 is 17.9 Å². The summed E-state index contributed by atoms with van der Waals surface area (Å²) in [6.45, 7) is 7.68. The Hall–Kier alpha value is -3.81. The molecule has 2 aromatic carbocycles. The average molecular weight is 423 g/mol. The summed E-state index contributed by atoms with van der Waals surface area (Å²) in [5.74, 6) is 0.481. The highest BCUT2D eigenvalue weighted by Crippen LogP contribution is 2.21. The fourth-order valence-corrected chi connectivity index (χ4v) is 3.08. The Morgan fingerprint density at radius 3 is 2.52 bits per heavy atom. The number of amides is 1. The van der Waals surface area contributed by atoms with Crippen molar-refractivity contribution in [1.82, 2.24) is 9.78 Å². The fraction of sp³-hybridized carbons (Fsp3) is 0.261. The quantitative estimate of drug-likeness (QED) is 0.541. The van der Waals surface area contributed by atoms with E-state index < -0.39 is 11.7 Å². The number of carbonyl (C=O) groups is 2. The van der Waals surface area contributed by atoms with Crippen LogP contribution in [0.15, 0.2) is 47.3 Å². The number of nitrogens with one attached hydrogen (secondary N) is 2. The van der Waals surface area contributed by atoms with Crippen molar-refractivity contribution < 1.29 is 19.1 Å². The van der Waals surface area contributed by atoms with E-state index in [4.69, 9.17) is 9.47 Å². The van der Waals surface area contributed by atoms with Gasteiger partial charge in [0, 0.05) is 5.69 Å². The van der Waals surface area contributed by atoms with E-state index in [1.807, 2.05) is 32.0 Å². The van der Waals surface area contributed by atoms with Gasteiger partial charge in [-0.05, 0) is 63.6 Å². The number of aromatic amines is 1. The van der Waals surface area contributed by atoms with Crippen LogP contribution >= 0.6 is 0 Å². The molecule has 0 fully saturated rings. The monoisotopic (exact) mass is 423 g/mol. The molecule has 31 heavy (non-hydrogen) atoms. The van der Waals surface area contributed by atoms with Gasteiger partial charge in [0.1, 0.15) is 11.3 Å². The summed E-state index contributed by atoms with van der Waals surface area (Å²) in [6, 6.07) is 12.4. The Balaban J connectivity index is 1.71. The van der Waals surface area contributed by atoms with Crippen LogP contribution < -0.4 is 20.3 Å². The second-order valence-corrected chi connectivity index (χ2v) is 7.11. The second-order valence-electron chi connectivity index (χ2n) is 7.11. The van der Waals surface area contributed by atoms with Crippen LogP contribution in [0, 0.1) is 13.8 Å². The van der Waals surface area contributed by atoms with Crippen LogP contribution in [0.3, 0.4) is 0 Å². The van der Waals surface area contributed by atoms with E-state index in [1.165, 1.54) is 4.68 Å². The largest absolute Gasteiger partial charge is 0.481 e. The van der Waals surface area contributed by atoms with Crippen LogP contribution in [0.1, 0.15) is 35.3 Å². The van der Waals surface area contributed by atoms with E-state index in [9.17, 15) is 14.4 Å². The minimum absolute atomic E-state index is 0.0726. The van der Waals surface area contributed by atoms with Gasteiger partial charge >= 0.3 is 0 Å². The number of aryl methyl sites for hydroxylation is 2. The van der Waals surface area contributed by atoms with Gasteiger partial charge < -0.3 is 14.8 Å². The number of aromatic nitrogens is 2. The fourth-order valence-electron chi connectivity index (χ4n) is 3.08. The molecule has 3 aromatic rings. The van der Waals surface area contributed by atoms with Crippen LogP contribution in [-0.2, 0) is 4.79 Å². The third-order valence-corrected chi connectivity index (χ3v) is 4.69. The van der Waals surface area contributed by atoms with Crippen molar-refractivity contribution in [2.45, 2.75) is 33.8 Å². The van der Waals surface area contributed by atoms with Crippen molar-refractivity contribution in [1.29, 1.82) is 0 Å². The van der Waals surface area contributed by atoms with Gasteiger partial charge in [0.05, 0.1) is 12.3 Å². The van der Waals surface area contributed by atoms with Gasteiger partial charge in [-0.3, -0.25) is 19.5 Å². The van der Waals surface area contributed by atoms with Crippen LogP contribution in [0.25, 0.3) is 5.69 Å². The number of benzene rings is 2. The molecule has 2 N–H and O–H groups in total. The smallest absolute Gasteiger partial charge is 0.285 e. The number of hydrogen-bond acceptors (Lipinski definition) is 5. The van der Waals surface area contributed by atoms with Gasteiger partial charge in [-0.2, -0.15) is 0 Å². The molecule has 1 atom stereocenters. The maximum atomic E-state index is 12.5. The van der Waals surface area contributed by atoms with E-state index >= 15 is 0 Å². The first-order valence-electron chi connectivity index (χ1n) is 9.92. The van der Waals surface area contributed by atoms with E-state index in [2.05, 4.69) is 10.4 Å². The minimum atomic E-state index is -0.698. The van der Waals surface area contributed by atoms with Crippen LogP contribution in [0.2, 0.25) is 0 Å². The molecule has 0 bridgehead atoms. The Morgan fingerprint density at radius 1 is 1.19 bits per heavy atom. The Labute approximate surface area is 179 Å². The van der Waals surface area contributed by atoms with E-state index in [0.29, 0.717) is 30.0 Å². The number of carbonyl (C=O) groups excluding carboxylic acids is 2. The van der Waals surface area contributed by atoms with Crippen molar-refractivity contribution in [3.05, 3.63) is 69.5 Å². The molecule has 1 unspecified atom stereocenters. The maximum Gasteiger partial charge on any atom is 0.285 e. The lowest BCUT2D eigenvalue weighted by atomic mass is 10.1. The van der Waals surface area contributed by atoms with Crippen molar-refractivity contribution in [2.24, 2.45) is 0 Å². The summed E-state index contributed by atoms with van der Waals surface area (Å²) < 4.78 is 12.3. The van der Waals surface area contributed by atoms with Crippen molar-refractivity contribution in [2.75, 3.05) is 11.9 Å². The van der Waals surface area contributed by atoms with E-state index in [0.717, 1.165) is 11.1 Å². The first kappa shape index (κ1) is 21.9. The predicted molar refractivity (Wildman–Crippen MR) is 118 cm³/mol. The lowest BCUT2D eigenvalue weighted by Crippen LogP contribution is -2.30. The zero-order chi connectivity index (χ0) is 22.5. The minimum Gasteiger partial charge on any atom is -0.481 e. The van der Waals surface area contributed by atoms with E-state index in [-0.39, 0.29) is 17.4 Å². The average Bonchev–Trinajstić information content (AvgIpc) is 3.06. The third kappa shape index (κ3) is 4.85. The maximum absolute atomic E-state index is 12.5. The molecule has 0 spiro atoms. The van der Waals surface area contributed by atoms with Gasteiger partial charge in [0.15, 0.2) is 12.4 Å². The molecule has 0 radical (unpaired) electrons. The third-order valence-electron chi connectivity index (χ3n) is 4.69. The van der Waals surface area contributed by atoms with Crippen LogP contribution in [-0.4, -0.2) is 34.7 Å². The number of H-pyrrole nitrogens is 1. The lowest BCUT2D eigenvalue weighted by Gasteiger charge is -2.16. The Kier molecular flexibility index (Phi) is 6.59. The zero-order valence-corrected chi connectivity index (χ0v) is 17.9. The number of hydrogen-bond donors (Lipinski definition) is 2. The molecule has 0 aliphatic heterocycles. The summed E-state index contributed by atoms with van der Waals surface area (Å²) in [5, 5.41) is 5.57. The highest BCUT2D eigenvalue weighted by molar-refractivity contribution is 5.94. The molecule has 3 rings (SSSR count). The summed E-state index contributed by atoms with van der Waals surface area (Å²) >= 11 is 0. The summed E-state index contributed by atoms with van der Waals surface area (Å²) in [5.41, 5.74) is 2.54. The predicted octanol–water partition coefficient (Wildman–Crippen LogP) is 3.40. The topological polar surface area (TPSA) is 102 Å². The Morgan fingerprint density at radius 2 is 1.90 bits per heavy atom. The number of aldehydes is 1. The van der Waals surface area contributed by atoms with Crippen molar-refractivity contribution in [3.8, 4) is 17.3 Å². The van der Waals surface area contributed by atoms with Gasteiger partial charge in [0.2, 0.25) is 5.88 Å². The van der Waals surface area contributed by atoms with Gasteiger partial charge in [-0.15, -0.1) is 0 Å². The molecule has 0 saturated carbocycles. The molecular formula is C23H25N3O5. The van der Waals surface area contributed by atoms with Crippen LogP contribution in [0.5, 0.6) is 11.6 Å². The summed E-state index contributed by atoms with van der Waals surface area (Å²) in [7, 11) is 0. The van der Waals surface area contributed by atoms with Gasteiger partial charge in [-0.25, -0.2) is 4.68 Å². The van der Waals surface area contributed by atoms with Crippen LogP contribution in [0.4, 0.5) is 5.69 Å². The van der Waals surface area contributed by atoms with Gasteiger partial charge in [0.25, 0.3) is 11.5 Å². The molecule has 1 amide bonds. The number of ether oxygens (including phenoxy) is 2. The van der Waals surface area contributed by atoms with Crippen molar-refractivity contribution in [3.63, 3.8) is 0 Å². The first-order valence-corrected chi connectivity index (χ1v) is 9.92. The Bertz CT molecular complexity index is 1150. The molecule has 0 saturated heterocycles. The standard InChI is InChI=1S/C23H25N3O5/c1-5-30-22-19(13-27)23(29)26(25-22)18-9-7-17(8-10-18)24-21(28)16(4)31-20-11-6-14(2)12-15(20)3/h6-13,16,25H,5H2,1-4H3,(H,24,28). The molecular weight excluding hydrogens is 398 g/mol. The zero-order valence-electron chi connectivity index (χ0n) is 17.9. The SMILES string of the molecule is CCOc1[nH]n(-c2ccc(NC(=O)C(C)Oc3ccc(C)cc3C)cc2)c(=O)c1C=O. The normalized spacial score (nSPS) is 11.6. The number of anilines is 1. The molecule has 162 valence electrons. The first-order chi connectivity index (χ1) is 14.8. The lowest BCUT2D eigenvalue weighted by molar-refractivity contribution is -0.122. The van der Waals surface area contributed by atoms with Gasteiger partial charge in [-0.1, -0.05) is 17.7 Å². The molecule has 1 heterocycles. The highest BCUT2D eigenvalue weighted by Gasteiger charge is 2.18. The highest BCUT2D eigenvalue weighted by atomic mass is 16.5. The molecule has 0 aliphatic carbocycles. The molecule has 8 nitrogen and oxygen atoms in total. The van der Waals surface area contributed by atoms with E-state index in [1.54, 1.807) is 38.1 Å². The second kappa shape index (κ2) is 9.34. The molecule has 0 aliphatic rings. The molecule has 1 aromatic heterocycles. The number of nitrogens with zero attached hydrogens (tertiary/aromatic N) is 1. The summed E-state index contributed by atoms with van der Waals surface area (Å²) in [4.78, 5) is 36.1.